The van der Waals surface area contributed by atoms with Crippen molar-refractivity contribution in [3.8, 4) is 0 Å². The van der Waals surface area contributed by atoms with Crippen LogP contribution in [-0.4, -0.2) is 5.91 Å². The largest absolute Gasteiger partial charge is 0.331 e. The zero-order valence-corrected chi connectivity index (χ0v) is 18.5. The van der Waals surface area contributed by atoms with E-state index in [4.69, 9.17) is 0 Å². The third-order valence-electron chi connectivity index (χ3n) is 5.38. The number of rotatable bonds is 2. The molecule has 0 bridgehead atoms. The van der Waals surface area contributed by atoms with Crippen LogP contribution >= 0.6 is 0 Å². The van der Waals surface area contributed by atoms with Gasteiger partial charge in [0.05, 0.1) is 0 Å². The van der Waals surface area contributed by atoms with E-state index >= 15 is 0 Å². The minimum Gasteiger partial charge on any atom is -0.331 e. The first-order chi connectivity index (χ1) is 11.3. The van der Waals surface area contributed by atoms with E-state index in [-0.39, 0.29) is 44.5 Å². The number of anilines is 1. The van der Waals surface area contributed by atoms with E-state index in [9.17, 15) is 4.79 Å². The van der Waals surface area contributed by atoms with Crippen LogP contribution in [0, 0.1) is 41.5 Å². The van der Waals surface area contributed by atoms with Gasteiger partial charge >= 0.3 is 0 Å². The van der Waals surface area contributed by atoms with Crippen molar-refractivity contribution in [3.05, 3.63) is 75.7 Å². The molecule has 127 valence electrons. The summed E-state index contributed by atoms with van der Waals surface area (Å²) in [5.41, 5.74) is 10.2. The smallest absolute Gasteiger partial charge is 0.249 e. The second-order valence-electron chi connectivity index (χ2n) is 6.80. The molecule has 1 aliphatic carbocycles. The van der Waals surface area contributed by atoms with Crippen LogP contribution in [0.25, 0.3) is 6.08 Å². The monoisotopic (exact) mass is 407 g/mol. The summed E-state index contributed by atoms with van der Waals surface area (Å²) in [6.07, 6.45) is 2.02. The molecule has 1 unspecified atom stereocenters. The van der Waals surface area contributed by atoms with Crippen molar-refractivity contribution in [1.29, 1.82) is 0 Å². The maximum absolute atomic E-state index is 12.8. The van der Waals surface area contributed by atoms with Gasteiger partial charge in [-0.25, -0.2) is 0 Å². The van der Waals surface area contributed by atoms with Crippen molar-refractivity contribution in [1.82, 2.24) is 0 Å². The Bertz CT molecular complexity index is 863. The Kier molecular flexibility index (Phi) is 6.06. The van der Waals surface area contributed by atoms with Crippen LogP contribution < -0.4 is 5.32 Å². The van der Waals surface area contributed by atoms with Gasteiger partial charge in [0.1, 0.15) is 0 Å². The van der Waals surface area contributed by atoms with Crippen molar-refractivity contribution >= 4 is 17.7 Å². The van der Waals surface area contributed by atoms with Gasteiger partial charge in [-0.2, -0.15) is 0 Å². The van der Waals surface area contributed by atoms with E-state index in [1.807, 2.05) is 37.3 Å². The summed E-state index contributed by atoms with van der Waals surface area (Å²) in [5.74, 6) is -0.187. The molecule has 0 saturated heterocycles. The number of fused-ring (bicyclic) bond motifs is 1. The van der Waals surface area contributed by atoms with E-state index in [0.29, 0.717) is 0 Å². The fraction of sp³-hybridized carbons (Fsp3) is 0.273. The quantitative estimate of drug-likeness (QED) is 0.683. The summed E-state index contributed by atoms with van der Waals surface area (Å²) in [6.45, 7) is 14.9. The number of benzene rings is 2. The van der Waals surface area contributed by atoms with Crippen LogP contribution in [0.5, 0.6) is 0 Å². The second-order valence-corrected chi connectivity index (χ2v) is 6.80. The molecule has 1 N–H and O–H groups in total. The van der Waals surface area contributed by atoms with E-state index < -0.39 is 0 Å². The topological polar surface area (TPSA) is 29.1 Å². The number of carbonyl (C=O) groups excluding carboxylic acids is 1. The molecule has 2 aromatic rings. The number of amides is 1. The molecule has 3 heteroatoms. The average molecular weight is 407 g/mol. The van der Waals surface area contributed by atoms with E-state index in [0.717, 1.165) is 11.3 Å². The number of aryl methyl sites for hydroxylation is 1. The molecule has 1 aliphatic rings. The Morgan fingerprint density at radius 1 is 0.920 bits per heavy atom. The van der Waals surface area contributed by atoms with Gasteiger partial charge < -0.3 is 12.2 Å². The molecule has 0 spiro atoms. The SMILES string of the molecule is [CH2-]C1C(C(=O)Nc2ccc(C)cc2)=Cc2c(C)c(C)c(C)c(C)c21.[Y]. The van der Waals surface area contributed by atoms with Gasteiger partial charge in [-0.1, -0.05) is 23.3 Å². The predicted molar refractivity (Wildman–Crippen MR) is 101 cm³/mol. The van der Waals surface area contributed by atoms with Crippen LogP contribution in [0.4, 0.5) is 5.69 Å². The van der Waals surface area contributed by atoms with Gasteiger partial charge in [0.2, 0.25) is 5.91 Å². The van der Waals surface area contributed by atoms with E-state index in [2.05, 4.69) is 39.9 Å². The number of carbonyl (C=O) groups is 1. The molecular weight excluding hydrogens is 383 g/mol. The first-order valence-electron chi connectivity index (χ1n) is 8.34. The zero-order chi connectivity index (χ0) is 17.6. The summed E-state index contributed by atoms with van der Waals surface area (Å²) in [5, 5.41) is 3.00. The van der Waals surface area contributed by atoms with Crippen molar-refractivity contribution in [2.75, 3.05) is 5.32 Å². The molecule has 25 heavy (non-hydrogen) atoms. The fourth-order valence-electron chi connectivity index (χ4n) is 3.48. The Morgan fingerprint density at radius 3 is 2.08 bits per heavy atom. The van der Waals surface area contributed by atoms with Crippen LogP contribution in [0.2, 0.25) is 0 Å². The minimum absolute atomic E-state index is 0. The fourth-order valence-corrected chi connectivity index (χ4v) is 3.48. The zero-order valence-electron chi connectivity index (χ0n) is 15.7. The van der Waals surface area contributed by atoms with Crippen molar-refractivity contribution in [2.45, 2.75) is 40.5 Å². The van der Waals surface area contributed by atoms with Gasteiger partial charge in [-0.3, -0.25) is 4.79 Å². The number of hydrogen-bond donors (Lipinski definition) is 1. The van der Waals surface area contributed by atoms with Gasteiger partial charge in [0.15, 0.2) is 0 Å². The van der Waals surface area contributed by atoms with Crippen molar-refractivity contribution in [3.63, 3.8) is 0 Å². The number of nitrogens with one attached hydrogen (secondary N) is 1. The Balaban J connectivity index is 0.00000225. The summed E-state index contributed by atoms with van der Waals surface area (Å²) >= 11 is 0. The standard InChI is InChI=1S/C22H24NO.Y/c1-12-7-9-18(10-8-12)23-22(24)20-11-19-15(4)13(2)14(3)16(5)21(19)17(20)6;/h7-11,17H,6H2,1-5H3,(H,23,24);/q-1;. The van der Waals surface area contributed by atoms with Gasteiger partial charge in [0, 0.05) is 38.4 Å². The molecular formula is C22H24NOY-. The summed E-state index contributed by atoms with van der Waals surface area (Å²) < 4.78 is 0. The average Bonchev–Trinajstić information content (AvgIpc) is 2.91. The molecule has 3 rings (SSSR count). The third-order valence-corrected chi connectivity index (χ3v) is 5.38. The first kappa shape index (κ1) is 20.1. The molecule has 1 atom stereocenters. The maximum atomic E-state index is 12.8. The Morgan fingerprint density at radius 2 is 1.48 bits per heavy atom. The molecule has 0 aliphatic heterocycles. The molecule has 0 saturated carbocycles. The Hall–Kier alpha value is -1.25. The predicted octanol–water partition coefficient (Wildman–Crippen LogP) is 5.18. The normalized spacial score (nSPS) is 15.3. The van der Waals surface area contributed by atoms with Gasteiger partial charge in [-0.15, -0.1) is 5.92 Å². The molecule has 0 aromatic heterocycles. The first-order valence-corrected chi connectivity index (χ1v) is 8.34. The van der Waals surface area contributed by atoms with E-state index in [1.54, 1.807) is 0 Å². The number of hydrogen-bond acceptors (Lipinski definition) is 1. The van der Waals surface area contributed by atoms with Crippen LogP contribution in [-0.2, 0) is 37.5 Å². The summed E-state index contributed by atoms with van der Waals surface area (Å²) in [4.78, 5) is 12.8. The molecule has 0 heterocycles. The van der Waals surface area contributed by atoms with Crippen LogP contribution in [0.15, 0.2) is 29.8 Å². The van der Waals surface area contributed by atoms with Gasteiger partial charge in [-0.05, 0) is 86.2 Å². The molecule has 1 amide bonds. The molecule has 1 radical (unpaired) electrons. The summed E-state index contributed by atoms with van der Waals surface area (Å²) in [6, 6.07) is 7.85. The van der Waals surface area contributed by atoms with Gasteiger partial charge in [0.25, 0.3) is 0 Å². The van der Waals surface area contributed by atoms with Crippen molar-refractivity contribution < 1.29 is 37.5 Å². The Labute approximate surface area is 176 Å². The molecule has 0 fully saturated rings. The molecule has 2 aromatic carbocycles. The van der Waals surface area contributed by atoms with Crippen LogP contribution in [0.3, 0.4) is 0 Å². The maximum Gasteiger partial charge on any atom is 0.249 e. The minimum atomic E-state index is -0.122. The summed E-state index contributed by atoms with van der Waals surface area (Å²) in [7, 11) is 0. The van der Waals surface area contributed by atoms with E-state index in [1.165, 1.54) is 38.9 Å². The third kappa shape index (κ3) is 3.52. The second kappa shape index (κ2) is 7.55. The molecule has 2 nitrogen and oxygen atoms in total. The van der Waals surface area contributed by atoms with Crippen LogP contribution in [0.1, 0.15) is 44.9 Å². The van der Waals surface area contributed by atoms with Crippen molar-refractivity contribution in [2.24, 2.45) is 0 Å².